The molecule has 0 aromatic carbocycles. The van der Waals surface area contributed by atoms with E-state index in [9.17, 15) is 4.79 Å². The number of carbonyl (C=O) groups excluding carboxylic acids is 1. The number of aliphatic hydroxyl groups is 1. The highest BCUT2D eigenvalue weighted by molar-refractivity contribution is 7.99. The molecule has 6 nitrogen and oxygen atoms in total. The van der Waals surface area contributed by atoms with Gasteiger partial charge < -0.3 is 9.52 Å². The van der Waals surface area contributed by atoms with Gasteiger partial charge in [-0.25, -0.2) is 0 Å². The Kier molecular flexibility index (Phi) is 6.14. The summed E-state index contributed by atoms with van der Waals surface area (Å²) in [6.07, 6.45) is 0. The van der Waals surface area contributed by atoms with Gasteiger partial charge in [-0.2, -0.15) is 11.8 Å². The molecule has 102 valence electrons. The molecule has 1 amide bonds. The van der Waals surface area contributed by atoms with Crippen LogP contribution < -0.4 is 5.32 Å². The van der Waals surface area contributed by atoms with Gasteiger partial charge in [0, 0.05) is 12.5 Å². The van der Waals surface area contributed by atoms with Gasteiger partial charge in [-0.05, 0) is 11.7 Å². The fourth-order valence-electron chi connectivity index (χ4n) is 1.08. The van der Waals surface area contributed by atoms with Crippen molar-refractivity contribution in [3.05, 3.63) is 5.89 Å². The smallest absolute Gasteiger partial charge is 0.322 e. The number of hydrogen-bond donors (Lipinski definition) is 2. The van der Waals surface area contributed by atoms with Crippen molar-refractivity contribution < 1.29 is 14.3 Å². The lowest BCUT2D eigenvalue weighted by Gasteiger charge is -2.06. The summed E-state index contributed by atoms with van der Waals surface area (Å²) in [5, 5.41) is 18.9. The molecule has 2 N–H and O–H groups in total. The molecule has 1 atom stereocenters. The Balaban J connectivity index is 2.31. The van der Waals surface area contributed by atoms with Crippen molar-refractivity contribution in [1.82, 2.24) is 10.2 Å². The van der Waals surface area contributed by atoms with Crippen LogP contribution in [0.3, 0.4) is 0 Å². The standard InChI is InChI=1S/C11H19N3O3S/c1-7(2)10-13-14-11(17-10)12-9(16)6-18-5-8(3)4-15/h7-8,15H,4-6H2,1-3H3,(H,12,14,16). The van der Waals surface area contributed by atoms with Gasteiger partial charge in [0.15, 0.2) is 0 Å². The molecule has 0 saturated carbocycles. The summed E-state index contributed by atoms with van der Waals surface area (Å²) in [5.74, 6) is 1.71. The quantitative estimate of drug-likeness (QED) is 0.782. The van der Waals surface area contributed by atoms with Gasteiger partial charge in [-0.1, -0.05) is 25.9 Å². The monoisotopic (exact) mass is 273 g/mol. The largest absolute Gasteiger partial charge is 0.408 e. The van der Waals surface area contributed by atoms with E-state index in [1.807, 2.05) is 20.8 Å². The summed E-state index contributed by atoms with van der Waals surface area (Å²) >= 11 is 1.46. The Morgan fingerprint density at radius 1 is 1.44 bits per heavy atom. The summed E-state index contributed by atoms with van der Waals surface area (Å²) in [7, 11) is 0. The molecule has 1 aromatic rings. The van der Waals surface area contributed by atoms with E-state index in [2.05, 4.69) is 15.5 Å². The van der Waals surface area contributed by atoms with E-state index in [-0.39, 0.29) is 30.4 Å². The number of hydrogen-bond acceptors (Lipinski definition) is 6. The molecule has 0 fully saturated rings. The predicted molar refractivity (Wildman–Crippen MR) is 70.6 cm³/mol. The predicted octanol–water partition coefficient (Wildman–Crippen LogP) is 1.49. The molecule has 0 aliphatic carbocycles. The van der Waals surface area contributed by atoms with Gasteiger partial charge in [0.05, 0.1) is 5.75 Å². The molecular weight excluding hydrogens is 254 g/mol. The number of amides is 1. The lowest BCUT2D eigenvalue weighted by atomic mass is 10.2. The summed E-state index contributed by atoms with van der Waals surface area (Å²) < 4.78 is 5.26. The van der Waals surface area contributed by atoms with Gasteiger partial charge in [-0.15, -0.1) is 5.10 Å². The van der Waals surface area contributed by atoms with Crippen LogP contribution in [0.15, 0.2) is 4.42 Å². The first-order valence-corrected chi connectivity index (χ1v) is 7.00. The van der Waals surface area contributed by atoms with Crippen LogP contribution in [0.4, 0.5) is 6.01 Å². The van der Waals surface area contributed by atoms with Gasteiger partial charge in [0.1, 0.15) is 0 Å². The lowest BCUT2D eigenvalue weighted by Crippen LogP contribution is -2.15. The van der Waals surface area contributed by atoms with Crippen molar-refractivity contribution in [2.75, 3.05) is 23.4 Å². The third-order valence-corrected chi connectivity index (χ3v) is 3.40. The molecule has 1 aromatic heterocycles. The maximum absolute atomic E-state index is 11.5. The molecule has 0 bridgehead atoms. The number of nitrogens with zero attached hydrogens (tertiary/aromatic N) is 2. The van der Waals surface area contributed by atoms with Crippen molar-refractivity contribution in [2.45, 2.75) is 26.7 Å². The zero-order valence-corrected chi connectivity index (χ0v) is 11.7. The van der Waals surface area contributed by atoms with Crippen LogP contribution in [0, 0.1) is 5.92 Å². The fourth-order valence-corrected chi connectivity index (χ4v) is 1.96. The second kappa shape index (κ2) is 7.38. The molecule has 1 heterocycles. The molecule has 1 rings (SSSR count). The third kappa shape index (κ3) is 5.05. The van der Waals surface area contributed by atoms with Crippen LogP contribution >= 0.6 is 11.8 Å². The van der Waals surface area contributed by atoms with E-state index in [0.29, 0.717) is 11.6 Å². The number of carbonyl (C=O) groups is 1. The summed E-state index contributed by atoms with van der Waals surface area (Å²) in [6, 6.07) is 0.138. The van der Waals surface area contributed by atoms with Crippen molar-refractivity contribution in [3.8, 4) is 0 Å². The van der Waals surface area contributed by atoms with E-state index >= 15 is 0 Å². The van der Waals surface area contributed by atoms with Crippen LogP contribution in [0.2, 0.25) is 0 Å². The highest BCUT2D eigenvalue weighted by Crippen LogP contribution is 2.15. The van der Waals surface area contributed by atoms with Gasteiger partial charge in [0.25, 0.3) is 0 Å². The molecule has 1 unspecified atom stereocenters. The molecule has 18 heavy (non-hydrogen) atoms. The first kappa shape index (κ1) is 15.0. The number of rotatable bonds is 7. The average molecular weight is 273 g/mol. The highest BCUT2D eigenvalue weighted by atomic mass is 32.2. The van der Waals surface area contributed by atoms with Gasteiger partial charge in [-0.3, -0.25) is 10.1 Å². The average Bonchev–Trinajstić information content (AvgIpc) is 2.77. The maximum Gasteiger partial charge on any atom is 0.322 e. The number of aliphatic hydroxyl groups excluding tert-OH is 1. The van der Waals surface area contributed by atoms with Gasteiger partial charge in [0.2, 0.25) is 11.8 Å². The Morgan fingerprint density at radius 3 is 2.72 bits per heavy atom. The van der Waals surface area contributed by atoms with E-state index in [0.717, 1.165) is 5.75 Å². The minimum atomic E-state index is -0.177. The number of nitrogens with one attached hydrogen (secondary N) is 1. The number of aromatic nitrogens is 2. The summed E-state index contributed by atoms with van der Waals surface area (Å²) in [6.45, 7) is 5.93. The van der Waals surface area contributed by atoms with Crippen LogP contribution in [0.1, 0.15) is 32.6 Å². The third-order valence-electron chi connectivity index (χ3n) is 2.13. The van der Waals surface area contributed by atoms with Crippen molar-refractivity contribution >= 4 is 23.7 Å². The Hall–Kier alpha value is -1.08. The summed E-state index contributed by atoms with van der Waals surface area (Å²) in [5.41, 5.74) is 0. The Morgan fingerprint density at radius 2 is 2.17 bits per heavy atom. The second-order valence-corrected chi connectivity index (χ2v) is 5.48. The summed E-state index contributed by atoms with van der Waals surface area (Å²) in [4.78, 5) is 11.5. The molecular formula is C11H19N3O3S. The maximum atomic E-state index is 11.5. The van der Waals surface area contributed by atoms with E-state index in [4.69, 9.17) is 9.52 Å². The first-order valence-electron chi connectivity index (χ1n) is 5.84. The molecule has 0 spiro atoms. The molecule has 0 saturated heterocycles. The second-order valence-electron chi connectivity index (χ2n) is 4.45. The van der Waals surface area contributed by atoms with Crippen molar-refractivity contribution in [3.63, 3.8) is 0 Å². The van der Waals surface area contributed by atoms with Crippen LogP contribution in [0.5, 0.6) is 0 Å². The molecule has 0 aliphatic rings. The minimum absolute atomic E-state index is 0.135. The lowest BCUT2D eigenvalue weighted by molar-refractivity contribution is -0.113. The van der Waals surface area contributed by atoms with Gasteiger partial charge >= 0.3 is 6.01 Å². The van der Waals surface area contributed by atoms with E-state index < -0.39 is 0 Å². The van der Waals surface area contributed by atoms with E-state index in [1.165, 1.54) is 11.8 Å². The zero-order valence-electron chi connectivity index (χ0n) is 10.8. The van der Waals surface area contributed by atoms with Crippen LogP contribution in [0.25, 0.3) is 0 Å². The number of anilines is 1. The van der Waals surface area contributed by atoms with Crippen LogP contribution in [-0.4, -0.2) is 39.3 Å². The first-order chi connectivity index (χ1) is 8.52. The topological polar surface area (TPSA) is 88.2 Å². The molecule has 0 radical (unpaired) electrons. The Bertz CT molecular complexity index is 381. The SMILES string of the molecule is CC(CO)CSCC(=O)Nc1nnc(C(C)C)o1. The van der Waals surface area contributed by atoms with Crippen molar-refractivity contribution in [2.24, 2.45) is 5.92 Å². The zero-order chi connectivity index (χ0) is 13.5. The highest BCUT2D eigenvalue weighted by Gasteiger charge is 2.12. The molecule has 0 aliphatic heterocycles. The Labute approximate surface area is 111 Å². The van der Waals surface area contributed by atoms with Crippen LogP contribution in [-0.2, 0) is 4.79 Å². The minimum Gasteiger partial charge on any atom is -0.408 e. The number of thioether (sulfide) groups is 1. The van der Waals surface area contributed by atoms with E-state index in [1.54, 1.807) is 0 Å². The molecule has 7 heteroatoms. The normalized spacial score (nSPS) is 12.7. The fraction of sp³-hybridized carbons (Fsp3) is 0.727. The van der Waals surface area contributed by atoms with Crippen molar-refractivity contribution in [1.29, 1.82) is 0 Å².